The predicted molar refractivity (Wildman–Crippen MR) is 50.6 cm³/mol. The molecule has 0 nitrogen and oxygen atoms in total. The summed E-state index contributed by atoms with van der Waals surface area (Å²) in [7, 11) is 0. The first-order valence-electron chi connectivity index (χ1n) is 4.08. The van der Waals surface area contributed by atoms with Gasteiger partial charge in [0.25, 0.3) is 0 Å². The molecule has 0 aromatic carbocycles. The van der Waals surface area contributed by atoms with Gasteiger partial charge in [0, 0.05) is 0 Å². The van der Waals surface area contributed by atoms with Crippen LogP contribution in [0.5, 0.6) is 0 Å². The number of hydrogen-bond acceptors (Lipinski definition) is 0. The van der Waals surface area contributed by atoms with Crippen LogP contribution in [0.4, 0.5) is 0 Å². The maximum absolute atomic E-state index is 2.44. The van der Waals surface area contributed by atoms with Crippen LogP contribution in [0.3, 0.4) is 0 Å². The zero-order chi connectivity index (χ0) is 7.66. The summed E-state index contributed by atoms with van der Waals surface area (Å²) >= 11 is 3.62. The van der Waals surface area contributed by atoms with Crippen molar-refractivity contribution in [2.45, 2.75) is 44.9 Å². The summed E-state index contributed by atoms with van der Waals surface area (Å²) in [5.41, 5.74) is 0. The second-order valence-corrected chi connectivity index (χ2v) is 2.63. The first kappa shape index (κ1) is 11.4. The van der Waals surface area contributed by atoms with Crippen molar-refractivity contribution in [2.75, 3.05) is 0 Å². The molecule has 56 valence electrons. The van der Waals surface area contributed by atoms with E-state index in [-0.39, 0.29) is 0 Å². The Labute approximate surface area is 85.4 Å². The molecule has 0 bridgehead atoms. The number of rotatable bonds is 0. The maximum atomic E-state index is 2.44. The van der Waals surface area contributed by atoms with Gasteiger partial charge in [0.15, 0.2) is 0 Å². The summed E-state index contributed by atoms with van der Waals surface area (Å²) in [5.74, 6) is 0. The van der Waals surface area contributed by atoms with Gasteiger partial charge in [0.2, 0.25) is 0 Å². The van der Waals surface area contributed by atoms with Crippen molar-refractivity contribution in [3.63, 3.8) is 0 Å². The van der Waals surface area contributed by atoms with E-state index in [0.717, 1.165) is 0 Å². The van der Waals surface area contributed by atoms with E-state index in [1.807, 2.05) is 0 Å². The molecule has 1 saturated carbocycles. The van der Waals surface area contributed by atoms with E-state index in [1.54, 1.807) is 0 Å². The first-order valence-corrected chi connectivity index (χ1v) is 13.1. The van der Waals surface area contributed by atoms with E-state index < -0.39 is 0 Å². The molecule has 0 atom stereocenters. The Balaban J connectivity index is 0.000000371. The molecule has 0 spiro atoms. The van der Waals surface area contributed by atoms with E-state index in [1.165, 1.54) is 59.7 Å². The molecule has 1 rings (SSSR count). The van der Waals surface area contributed by atoms with Crippen LogP contribution >= 0.6 is 19.8 Å². The van der Waals surface area contributed by atoms with Crippen molar-refractivity contribution in [3.05, 3.63) is 6.42 Å². The van der Waals surface area contributed by atoms with Crippen LogP contribution in [0.15, 0.2) is 0 Å². The van der Waals surface area contributed by atoms with Gasteiger partial charge in [-0.15, -0.1) is 0 Å². The summed E-state index contributed by atoms with van der Waals surface area (Å²) < 4.78 is 0. The van der Waals surface area contributed by atoms with Crippen LogP contribution in [0.1, 0.15) is 44.9 Å². The zero-order valence-electron chi connectivity index (χ0n) is 6.61. The molecule has 0 aliphatic heterocycles. The van der Waals surface area contributed by atoms with Gasteiger partial charge in [-0.2, -0.15) is 12.8 Å². The van der Waals surface area contributed by atoms with E-state index in [0.29, 0.717) is 0 Å². The Morgan fingerprint density at radius 1 is 0.800 bits per heavy atom. The SMILES string of the molecule is [CH-]1CCCCCCC1.[Zn+][I]. The standard InChI is InChI=1S/C8H15.HI.Zn/c1-2-4-6-8-7-5-3-1;;/h1H,2-8H2;1H;/q-1;;+2/p-1. The fourth-order valence-electron chi connectivity index (χ4n) is 1.25. The average Bonchev–Trinajstić information content (AvgIpc) is 1.90. The fourth-order valence-corrected chi connectivity index (χ4v) is 1.25. The molecule has 2 heteroatoms. The van der Waals surface area contributed by atoms with Gasteiger partial charge in [-0.25, -0.2) is 0 Å². The Bertz CT molecular complexity index is 33.2. The van der Waals surface area contributed by atoms with E-state index in [9.17, 15) is 0 Å². The Morgan fingerprint density at radius 2 is 1.20 bits per heavy atom. The fraction of sp³-hybridized carbons (Fsp3) is 0.875. The third kappa shape index (κ3) is 7.46. The molecule has 1 aliphatic rings. The van der Waals surface area contributed by atoms with Crippen molar-refractivity contribution in [1.29, 1.82) is 0 Å². The molecule has 0 N–H and O–H groups in total. The number of hydrogen-bond donors (Lipinski definition) is 0. The van der Waals surface area contributed by atoms with Gasteiger partial charge >= 0.3 is 34.5 Å². The van der Waals surface area contributed by atoms with Gasteiger partial charge in [0.1, 0.15) is 0 Å². The van der Waals surface area contributed by atoms with Crippen LogP contribution in [-0.2, 0) is 14.8 Å². The molecule has 0 radical (unpaired) electrons. The molecule has 10 heavy (non-hydrogen) atoms. The molecule has 0 aromatic rings. The van der Waals surface area contributed by atoms with Crippen molar-refractivity contribution in [2.24, 2.45) is 0 Å². The van der Waals surface area contributed by atoms with E-state index >= 15 is 0 Å². The average molecular weight is 304 g/mol. The van der Waals surface area contributed by atoms with E-state index in [4.69, 9.17) is 0 Å². The van der Waals surface area contributed by atoms with Gasteiger partial charge in [0.05, 0.1) is 0 Å². The second kappa shape index (κ2) is 10.4. The van der Waals surface area contributed by atoms with E-state index in [2.05, 4.69) is 26.2 Å². The molecule has 0 aromatic heterocycles. The summed E-state index contributed by atoms with van der Waals surface area (Å²) in [6, 6.07) is 0. The van der Waals surface area contributed by atoms with Crippen LogP contribution in [-0.4, -0.2) is 0 Å². The predicted octanol–water partition coefficient (Wildman–Crippen LogP) is 3.82. The minimum absolute atomic E-state index is 1.34. The summed E-state index contributed by atoms with van der Waals surface area (Å²) in [5, 5.41) is 0. The summed E-state index contributed by atoms with van der Waals surface area (Å²) in [6.45, 7) is 0. The molecular weight excluding hydrogens is 288 g/mol. The second-order valence-electron chi connectivity index (χ2n) is 2.63. The van der Waals surface area contributed by atoms with Crippen molar-refractivity contribution in [3.8, 4) is 0 Å². The van der Waals surface area contributed by atoms with Crippen LogP contribution in [0.2, 0.25) is 0 Å². The van der Waals surface area contributed by atoms with Crippen molar-refractivity contribution >= 4 is 19.8 Å². The topological polar surface area (TPSA) is 0 Å². The van der Waals surface area contributed by atoms with Crippen LogP contribution < -0.4 is 0 Å². The monoisotopic (exact) mass is 302 g/mol. The van der Waals surface area contributed by atoms with Gasteiger partial charge < -0.3 is 6.42 Å². The molecule has 1 aliphatic carbocycles. The third-order valence-electron chi connectivity index (χ3n) is 1.82. The van der Waals surface area contributed by atoms with Crippen LogP contribution in [0, 0.1) is 6.42 Å². The molecule has 0 heterocycles. The van der Waals surface area contributed by atoms with Crippen LogP contribution in [0.25, 0.3) is 0 Å². The van der Waals surface area contributed by atoms with Gasteiger partial charge in [-0.1, -0.05) is 32.1 Å². The normalized spacial score (nSPS) is 19.9. The van der Waals surface area contributed by atoms with Gasteiger partial charge in [-0.3, -0.25) is 0 Å². The molecule has 0 saturated heterocycles. The van der Waals surface area contributed by atoms with Crippen molar-refractivity contribution < 1.29 is 14.8 Å². The van der Waals surface area contributed by atoms with Gasteiger partial charge in [-0.05, 0) is 0 Å². The minimum atomic E-state index is 1.34. The molecule has 1 fully saturated rings. The zero-order valence-corrected chi connectivity index (χ0v) is 11.7. The third-order valence-corrected chi connectivity index (χ3v) is 1.82. The Hall–Kier alpha value is 1.35. The van der Waals surface area contributed by atoms with Crippen molar-refractivity contribution in [1.82, 2.24) is 0 Å². The molecule has 0 amide bonds. The molecule has 0 unspecified atom stereocenters. The first-order chi connectivity index (χ1) is 5.00. The summed E-state index contributed by atoms with van der Waals surface area (Å²) in [6.07, 6.45) is 12.5. The molecular formula is C8H15IZn. The summed E-state index contributed by atoms with van der Waals surface area (Å²) in [4.78, 5) is 0. The quantitative estimate of drug-likeness (QED) is 0.362. The Morgan fingerprint density at radius 3 is 1.70 bits per heavy atom. The number of halogens is 1. The Kier molecular flexibility index (Phi) is 11.8.